The standard InChI is InChI=1S/C16H33NO.C13H27NOS.2C13H27NO.C11H23NO/c1-9-16(7,10-2)13(3)17(8)14(18)11-12-15(4,5)6;1-7-13(4,8-2)11(3)14(5)12(15)9-10-16-6;1-8-13(6,9-2)11(5)14(7)12(15)10(3)4;1-7-10-12(15)14(6)11(4)13(5,8-2)9-3;1-7-11(5,8-2)9(3)12(6)10(4)13/h13H,9-12H2,1-8H3;11H,7-10H2,1-6H3;10-11H,8-9H2,1-7H3;11H,7-10H2,1-6H3;9H,7-8H2,1-6H3/t13-;3*11-;9-/m00000/s1. The fraction of sp³-hybridized carbons (Fsp3) is 0.924. The Bertz CT molecular complexity index is 1590. The van der Waals surface area contributed by atoms with E-state index in [1.165, 1.54) is 0 Å². The molecule has 0 aliphatic carbocycles. The molecule has 0 aliphatic rings. The molecule has 0 saturated heterocycles. The summed E-state index contributed by atoms with van der Waals surface area (Å²) in [6.07, 6.45) is 17.1. The number of hydrogen-bond donors (Lipinski definition) is 0. The summed E-state index contributed by atoms with van der Waals surface area (Å²) in [7, 11) is 9.65. The molecule has 0 aromatic rings. The summed E-state index contributed by atoms with van der Waals surface area (Å²) in [5, 5.41) is 0. The van der Waals surface area contributed by atoms with Crippen LogP contribution in [0.3, 0.4) is 0 Å². The Morgan fingerprint density at radius 3 is 0.818 bits per heavy atom. The number of carbonyl (C=O) groups is 5. The fourth-order valence-corrected chi connectivity index (χ4v) is 9.85. The van der Waals surface area contributed by atoms with E-state index in [-0.39, 0.29) is 67.9 Å². The first-order chi connectivity index (χ1) is 35.1. The minimum Gasteiger partial charge on any atom is -0.343 e. The highest BCUT2D eigenvalue weighted by molar-refractivity contribution is 7.98. The van der Waals surface area contributed by atoms with Crippen molar-refractivity contribution in [1.82, 2.24) is 24.5 Å². The third-order valence-corrected chi connectivity index (χ3v) is 21.2. The van der Waals surface area contributed by atoms with Crippen molar-refractivity contribution in [3.05, 3.63) is 0 Å². The second-order valence-electron chi connectivity index (χ2n) is 26.0. The summed E-state index contributed by atoms with van der Waals surface area (Å²) in [6.45, 7) is 58.4. The summed E-state index contributed by atoms with van der Waals surface area (Å²) in [4.78, 5) is 68.6. The zero-order valence-electron chi connectivity index (χ0n) is 58.0. The van der Waals surface area contributed by atoms with E-state index in [1.54, 1.807) is 18.7 Å². The van der Waals surface area contributed by atoms with Gasteiger partial charge >= 0.3 is 0 Å². The third kappa shape index (κ3) is 28.8. The minimum atomic E-state index is 0.0930. The average Bonchev–Trinajstić information content (AvgIpc) is 3.42. The Labute approximate surface area is 486 Å². The van der Waals surface area contributed by atoms with Crippen LogP contribution in [0.2, 0.25) is 0 Å². The molecule has 5 atom stereocenters. The van der Waals surface area contributed by atoms with Crippen LogP contribution in [-0.2, 0) is 24.0 Å². The molecule has 0 aromatic carbocycles. The molecule has 0 aliphatic heterocycles. The van der Waals surface area contributed by atoms with Gasteiger partial charge in [0.2, 0.25) is 29.5 Å². The number of carbonyl (C=O) groups excluding carboxylic acids is 5. The van der Waals surface area contributed by atoms with E-state index >= 15 is 0 Å². The van der Waals surface area contributed by atoms with E-state index in [2.05, 4.69) is 166 Å². The van der Waals surface area contributed by atoms with Crippen LogP contribution in [-0.4, -0.2) is 131 Å². The number of rotatable bonds is 28. The maximum Gasteiger partial charge on any atom is 0.225 e. The molecule has 5 amide bonds. The Balaban J connectivity index is -0.000000282. The van der Waals surface area contributed by atoms with Crippen molar-refractivity contribution in [1.29, 1.82) is 0 Å². The zero-order valence-corrected chi connectivity index (χ0v) is 58.8. The SMILES string of the molecule is CCC(C)(CC)[C@H](C)N(C)C(=O)C(C)C.CCC(C)(CC)[C@H](C)N(C)C(=O)CCC(C)(C)C.CCC(C)(CC)[C@H](C)N(C)C(=O)CCSC.CCC(C)(CC)[C@H](C)N(C)C(C)=O.CCCC(=O)N(C)[C@@H](C)C(C)(CC)CC. The van der Waals surface area contributed by atoms with Crippen LogP contribution in [0, 0.1) is 38.4 Å². The molecule has 10 nitrogen and oxygen atoms in total. The van der Waals surface area contributed by atoms with Crippen LogP contribution in [0.4, 0.5) is 0 Å². The van der Waals surface area contributed by atoms with Gasteiger partial charge in [0.1, 0.15) is 0 Å². The largest absolute Gasteiger partial charge is 0.343 e. The lowest BCUT2D eigenvalue weighted by Crippen LogP contribution is -2.46. The van der Waals surface area contributed by atoms with Crippen molar-refractivity contribution >= 4 is 41.3 Å². The van der Waals surface area contributed by atoms with Crippen LogP contribution < -0.4 is 0 Å². The monoisotopic (exact) mass is 1110 g/mol. The normalized spacial score (nSPS) is 14.0. The van der Waals surface area contributed by atoms with Gasteiger partial charge in [-0.25, -0.2) is 0 Å². The Kier molecular flexibility index (Phi) is 43.4. The van der Waals surface area contributed by atoms with Crippen molar-refractivity contribution < 1.29 is 24.0 Å². The van der Waals surface area contributed by atoms with E-state index in [0.717, 1.165) is 82.8 Å². The van der Waals surface area contributed by atoms with Crippen molar-refractivity contribution in [2.24, 2.45) is 38.4 Å². The molecule has 462 valence electrons. The van der Waals surface area contributed by atoms with Crippen molar-refractivity contribution in [2.75, 3.05) is 47.2 Å². The molecule has 0 rings (SSSR count). The van der Waals surface area contributed by atoms with Gasteiger partial charge in [-0.15, -0.1) is 0 Å². The summed E-state index contributed by atoms with van der Waals surface area (Å²) in [5.74, 6) is 2.25. The molecule has 0 N–H and O–H groups in total. The van der Waals surface area contributed by atoms with Crippen molar-refractivity contribution in [3.63, 3.8) is 0 Å². The summed E-state index contributed by atoms with van der Waals surface area (Å²) < 4.78 is 0. The summed E-state index contributed by atoms with van der Waals surface area (Å²) in [5.41, 5.74) is 1.44. The molecule has 0 unspecified atom stereocenters. The first-order valence-corrected chi connectivity index (χ1v) is 32.3. The van der Waals surface area contributed by atoms with Gasteiger partial charge in [0.05, 0.1) is 0 Å². The first-order valence-electron chi connectivity index (χ1n) is 30.9. The van der Waals surface area contributed by atoms with Crippen LogP contribution in [0.5, 0.6) is 0 Å². The smallest absolute Gasteiger partial charge is 0.225 e. The third-order valence-electron chi connectivity index (χ3n) is 20.6. The van der Waals surface area contributed by atoms with Gasteiger partial charge in [-0.1, -0.05) is 145 Å². The van der Waals surface area contributed by atoms with E-state index in [9.17, 15) is 24.0 Å². The Hall–Kier alpha value is -2.30. The fourth-order valence-electron chi connectivity index (χ4n) is 9.47. The molecular formula is C66H137N5O5S. The van der Waals surface area contributed by atoms with Gasteiger partial charge in [-0.3, -0.25) is 24.0 Å². The number of thioether (sulfide) groups is 1. The molecule has 0 fully saturated rings. The number of nitrogens with zero attached hydrogens (tertiary/aromatic N) is 5. The molecule has 77 heavy (non-hydrogen) atoms. The van der Waals surface area contributed by atoms with Crippen LogP contribution >= 0.6 is 11.8 Å². The first kappa shape index (κ1) is 83.5. The lowest BCUT2D eigenvalue weighted by atomic mass is 9.77. The summed E-state index contributed by atoms with van der Waals surface area (Å²) >= 11 is 1.73. The lowest BCUT2D eigenvalue weighted by Gasteiger charge is -2.40. The lowest BCUT2D eigenvalue weighted by molar-refractivity contribution is -0.137. The minimum absolute atomic E-state index is 0.0930. The van der Waals surface area contributed by atoms with Crippen molar-refractivity contribution in [2.45, 2.75) is 313 Å². The van der Waals surface area contributed by atoms with Gasteiger partial charge in [0.15, 0.2) is 0 Å². The summed E-state index contributed by atoms with van der Waals surface area (Å²) in [6, 6.07) is 1.57. The maximum atomic E-state index is 12.2. The Morgan fingerprint density at radius 1 is 0.377 bits per heavy atom. The quantitative estimate of drug-likeness (QED) is 0.0773. The predicted molar refractivity (Wildman–Crippen MR) is 342 cm³/mol. The molecule has 0 bridgehead atoms. The van der Waals surface area contributed by atoms with Gasteiger partial charge < -0.3 is 24.5 Å². The maximum absolute atomic E-state index is 12.2. The van der Waals surface area contributed by atoms with E-state index in [4.69, 9.17) is 0 Å². The second-order valence-corrected chi connectivity index (χ2v) is 27.0. The van der Waals surface area contributed by atoms with Crippen LogP contribution in [0.25, 0.3) is 0 Å². The van der Waals surface area contributed by atoms with Gasteiger partial charge in [0, 0.05) is 103 Å². The molecule has 0 saturated carbocycles. The topological polar surface area (TPSA) is 102 Å². The van der Waals surface area contributed by atoms with Crippen molar-refractivity contribution in [3.8, 4) is 0 Å². The highest BCUT2D eigenvalue weighted by atomic mass is 32.2. The molecule has 11 heteroatoms. The molecule has 0 spiro atoms. The number of hydrogen-bond acceptors (Lipinski definition) is 6. The number of amides is 5. The molecular weight excluding hydrogens is 975 g/mol. The average molecular weight is 1110 g/mol. The van der Waals surface area contributed by atoms with E-state index in [1.807, 2.05) is 79.8 Å². The molecule has 0 heterocycles. The van der Waals surface area contributed by atoms with Gasteiger partial charge in [-0.2, -0.15) is 11.8 Å². The molecule has 0 radical (unpaired) electrons. The van der Waals surface area contributed by atoms with E-state index in [0.29, 0.717) is 49.5 Å². The predicted octanol–water partition coefficient (Wildman–Crippen LogP) is 17.4. The highest BCUT2D eigenvalue weighted by Crippen LogP contribution is 2.37. The van der Waals surface area contributed by atoms with Gasteiger partial charge in [-0.05, 0) is 150 Å². The Morgan fingerprint density at radius 2 is 0.610 bits per heavy atom. The highest BCUT2D eigenvalue weighted by Gasteiger charge is 2.36. The zero-order chi connectivity index (χ0) is 62.3. The van der Waals surface area contributed by atoms with E-state index < -0.39 is 0 Å². The molecule has 0 aromatic heterocycles. The second kappa shape index (κ2) is 40.0. The van der Waals surface area contributed by atoms with Crippen LogP contribution in [0.15, 0.2) is 0 Å². The van der Waals surface area contributed by atoms with Gasteiger partial charge in [0.25, 0.3) is 0 Å². The van der Waals surface area contributed by atoms with Crippen LogP contribution in [0.1, 0.15) is 283 Å².